The van der Waals surface area contributed by atoms with E-state index in [2.05, 4.69) is 39.9 Å². The van der Waals surface area contributed by atoms with E-state index in [1.165, 1.54) is 0 Å². The molecule has 8 nitrogen and oxygen atoms in total. The molecule has 1 N–H and O–H groups in total. The zero-order chi connectivity index (χ0) is 30.2. The second-order valence-corrected chi connectivity index (χ2v) is 18.1. The minimum Gasteiger partial charge on any atom is -0.493 e. The van der Waals surface area contributed by atoms with Gasteiger partial charge < -0.3 is 33.2 Å². The summed E-state index contributed by atoms with van der Waals surface area (Å²) in [5.74, 6) is 0.0851. The van der Waals surface area contributed by atoms with Crippen LogP contribution in [-0.2, 0) is 28.2 Å². The summed E-state index contributed by atoms with van der Waals surface area (Å²) in [6.45, 7) is 12.9. The van der Waals surface area contributed by atoms with Gasteiger partial charge in [0.05, 0.1) is 31.8 Å². The smallest absolute Gasteiger partial charge is 0.303 e. The molecule has 1 aromatic carbocycles. The Balaban J connectivity index is 1.64. The number of hydrogen-bond donors (Lipinski definition) is 1. The molecule has 0 aromatic heterocycles. The highest BCUT2D eigenvalue weighted by Gasteiger charge is 2.52. The van der Waals surface area contributed by atoms with E-state index < -0.39 is 14.3 Å². The number of aliphatic carboxylic acids is 1. The Labute approximate surface area is 253 Å². The molecule has 3 fully saturated rings. The SMILES string of the molecule is CC(C)(C)[Si](C)(C)O[C@H]1C[C@@H](OC2CCCCO2)[C@@H](C(=CCCOc2ccccc2)OC2CCCCO2)[C@H]1CC(=O)O. The molecule has 42 heavy (non-hydrogen) atoms. The molecule has 1 saturated carbocycles. The molecule has 9 heteroatoms. The van der Waals surface area contributed by atoms with E-state index in [1.807, 2.05) is 30.3 Å². The summed E-state index contributed by atoms with van der Waals surface area (Å²) >= 11 is 0. The van der Waals surface area contributed by atoms with Gasteiger partial charge in [-0.25, -0.2) is 0 Å². The lowest BCUT2D eigenvalue weighted by molar-refractivity contribution is -0.201. The molecule has 2 aliphatic heterocycles. The first-order chi connectivity index (χ1) is 20.0. The van der Waals surface area contributed by atoms with E-state index in [9.17, 15) is 9.90 Å². The van der Waals surface area contributed by atoms with Gasteiger partial charge in [-0.1, -0.05) is 39.0 Å². The predicted molar refractivity (Wildman–Crippen MR) is 164 cm³/mol. The number of para-hydroxylation sites is 1. The fraction of sp³-hybridized carbons (Fsp3) is 0.727. The second kappa shape index (κ2) is 15.2. The Morgan fingerprint density at radius 3 is 2.26 bits per heavy atom. The van der Waals surface area contributed by atoms with Crippen molar-refractivity contribution in [2.45, 2.75) is 121 Å². The Kier molecular flexibility index (Phi) is 11.9. The third-order valence-electron chi connectivity index (χ3n) is 9.14. The van der Waals surface area contributed by atoms with Gasteiger partial charge in [0.25, 0.3) is 0 Å². The van der Waals surface area contributed by atoms with Crippen molar-refractivity contribution in [3.05, 3.63) is 42.2 Å². The predicted octanol–water partition coefficient (Wildman–Crippen LogP) is 7.30. The lowest BCUT2D eigenvalue weighted by atomic mass is 9.88. The van der Waals surface area contributed by atoms with E-state index in [0.717, 1.165) is 50.0 Å². The van der Waals surface area contributed by atoms with Crippen LogP contribution in [0.3, 0.4) is 0 Å². The number of hydrogen-bond acceptors (Lipinski definition) is 7. The number of carboxylic acids is 1. The maximum Gasteiger partial charge on any atom is 0.303 e. The van der Waals surface area contributed by atoms with Gasteiger partial charge in [-0.3, -0.25) is 4.79 Å². The Bertz CT molecular complexity index is 995. The van der Waals surface area contributed by atoms with Crippen molar-refractivity contribution < 1.29 is 38.0 Å². The highest BCUT2D eigenvalue weighted by molar-refractivity contribution is 6.74. The van der Waals surface area contributed by atoms with Crippen LogP contribution in [0.4, 0.5) is 0 Å². The number of rotatable bonds is 13. The molecular weight excluding hydrogens is 552 g/mol. The number of ether oxygens (including phenoxy) is 5. The van der Waals surface area contributed by atoms with Crippen LogP contribution in [0.1, 0.15) is 78.6 Å². The lowest BCUT2D eigenvalue weighted by Gasteiger charge is -2.40. The van der Waals surface area contributed by atoms with Gasteiger partial charge in [0, 0.05) is 31.3 Å². The maximum atomic E-state index is 12.3. The monoisotopic (exact) mass is 604 g/mol. The maximum absolute atomic E-state index is 12.3. The van der Waals surface area contributed by atoms with Crippen LogP contribution in [0.5, 0.6) is 5.75 Å². The fourth-order valence-electron chi connectivity index (χ4n) is 5.87. The largest absolute Gasteiger partial charge is 0.493 e. The van der Waals surface area contributed by atoms with Gasteiger partial charge in [0.15, 0.2) is 20.9 Å². The Morgan fingerprint density at radius 2 is 1.67 bits per heavy atom. The highest BCUT2D eigenvalue weighted by Crippen LogP contribution is 2.48. The van der Waals surface area contributed by atoms with Gasteiger partial charge in [-0.05, 0) is 74.9 Å². The van der Waals surface area contributed by atoms with Crippen LogP contribution in [0.15, 0.2) is 42.2 Å². The van der Waals surface area contributed by atoms with Crippen molar-refractivity contribution in [1.29, 1.82) is 0 Å². The molecule has 0 spiro atoms. The van der Waals surface area contributed by atoms with Crippen molar-refractivity contribution in [3.63, 3.8) is 0 Å². The van der Waals surface area contributed by atoms with Crippen molar-refractivity contribution in [2.24, 2.45) is 11.8 Å². The molecule has 4 rings (SSSR count). The summed E-state index contributed by atoms with van der Waals surface area (Å²) in [4.78, 5) is 12.3. The first kappa shape index (κ1) is 33.0. The zero-order valence-electron chi connectivity index (χ0n) is 26.2. The standard InChI is InChI=1S/C33H52O8Si/c1-33(2,3)42(4,5)41-27-23-28(40-31-18-10-12-20-38-31)32(25(27)22-29(34)35)26(39-30-17-9-11-19-37-30)16-13-21-36-24-14-7-6-8-15-24/h6-8,14-16,25,27-28,30-32H,9-13,17-23H2,1-5H3,(H,34,35)/t25-,27-,28+,30?,31?,32+/m0/s1. The minimum absolute atomic E-state index is 0.0123. The second-order valence-electron chi connectivity index (χ2n) is 13.4. The van der Waals surface area contributed by atoms with Crippen LogP contribution >= 0.6 is 0 Å². The third kappa shape index (κ3) is 9.29. The Hall–Kier alpha value is -1.91. The number of carbonyl (C=O) groups is 1. The molecule has 3 aliphatic rings. The first-order valence-corrected chi connectivity index (χ1v) is 18.8. The third-order valence-corrected chi connectivity index (χ3v) is 13.6. The summed E-state index contributed by atoms with van der Waals surface area (Å²) in [7, 11) is -2.20. The van der Waals surface area contributed by atoms with Crippen molar-refractivity contribution in [2.75, 3.05) is 19.8 Å². The molecule has 2 heterocycles. The summed E-state index contributed by atoms with van der Waals surface area (Å²) in [6.07, 6.45) is 7.77. The fourth-order valence-corrected chi connectivity index (χ4v) is 7.25. The zero-order valence-corrected chi connectivity index (χ0v) is 27.2. The van der Waals surface area contributed by atoms with E-state index >= 15 is 0 Å². The summed E-state index contributed by atoms with van der Waals surface area (Å²) < 4.78 is 38.2. The van der Waals surface area contributed by atoms with Gasteiger partial charge in [0.1, 0.15) is 11.5 Å². The van der Waals surface area contributed by atoms with E-state index in [0.29, 0.717) is 32.7 Å². The topological polar surface area (TPSA) is 92.7 Å². The number of carboxylic acid groups (broad SMARTS) is 1. The number of benzene rings is 1. The summed E-state index contributed by atoms with van der Waals surface area (Å²) in [5, 5.41) is 10.1. The molecule has 2 saturated heterocycles. The molecular formula is C33H52O8Si. The van der Waals surface area contributed by atoms with Crippen molar-refractivity contribution >= 4 is 14.3 Å². The molecule has 1 aromatic rings. The lowest BCUT2D eigenvalue weighted by Crippen LogP contribution is -2.45. The molecule has 1 aliphatic carbocycles. The van der Waals surface area contributed by atoms with E-state index in [4.69, 9.17) is 28.1 Å². The van der Waals surface area contributed by atoms with Crippen molar-refractivity contribution in [1.82, 2.24) is 0 Å². The molecule has 2 unspecified atom stereocenters. The van der Waals surface area contributed by atoms with Gasteiger partial charge in [0.2, 0.25) is 0 Å². The molecule has 0 radical (unpaired) electrons. The molecule has 0 bridgehead atoms. The molecule has 6 atom stereocenters. The Morgan fingerprint density at radius 1 is 1.00 bits per heavy atom. The van der Waals surface area contributed by atoms with Crippen molar-refractivity contribution in [3.8, 4) is 5.75 Å². The minimum atomic E-state index is -2.20. The van der Waals surface area contributed by atoms with Crippen LogP contribution in [0, 0.1) is 11.8 Å². The average Bonchev–Trinajstić information content (AvgIpc) is 3.26. The van der Waals surface area contributed by atoms with Gasteiger partial charge >= 0.3 is 5.97 Å². The van der Waals surface area contributed by atoms with Crippen LogP contribution < -0.4 is 4.74 Å². The first-order valence-electron chi connectivity index (χ1n) is 15.9. The van der Waals surface area contributed by atoms with Crippen LogP contribution in [-0.4, -0.2) is 64.0 Å². The average molecular weight is 605 g/mol. The summed E-state index contributed by atoms with van der Waals surface area (Å²) in [6, 6.07) is 9.74. The molecule has 236 valence electrons. The normalized spacial score (nSPS) is 29.3. The summed E-state index contributed by atoms with van der Waals surface area (Å²) in [5.41, 5.74) is 0. The van der Waals surface area contributed by atoms with Gasteiger partial charge in [-0.15, -0.1) is 0 Å². The van der Waals surface area contributed by atoms with E-state index in [-0.39, 0.29) is 48.1 Å². The van der Waals surface area contributed by atoms with Crippen LogP contribution in [0.2, 0.25) is 18.1 Å². The van der Waals surface area contributed by atoms with Gasteiger partial charge in [-0.2, -0.15) is 0 Å². The van der Waals surface area contributed by atoms with E-state index in [1.54, 1.807) is 0 Å². The highest BCUT2D eigenvalue weighted by atomic mass is 28.4. The van der Waals surface area contributed by atoms with Crippen LogP contribution in [0.25, 0.3) is 0 Å². The quantitative estimate of drug-likeness (QED) is 0.143. The molecule has 0 amide bonds.